The van der Waals surface area contributed by atoms with Crippen molar-refractivity contribution in [3.05, 3.63) is 29.3 Å². The molecule has 1 aromatic carbocycles. The maximum absolute atomic E-state index is 11.9. The first-order valence-corrected chi connectivity index (χ1v) is 5.76. The highest BCUT2D eigenvalue weighted by Crippen LogP contribution is 2.28. The third-order valence-corrected chi connectivity index (χ3v) is 2.74. The van der Waals surface area contributed by atoms with Crippen molar-refractivity contribution >= 4 is 11.7 Å². The van der Waals surface area contributed by atoms with E-state index >= 15 is 0 Å². The summed E-state index contributed by atoms with van der Waals surface area (Å²) in [5.74, 6) is -0.809. The van der Waals surface area contributed by atoms with E-state index in [9.17, 15) is 9.59 Å². The van der Waals surface area contributed by atoms with Crippen molar-refractivity contribution in [2.45, 2.75) is 26.2 Å². The topological polar surface area (TPSA) is 55.4 Å². The van der Waals surface area contributed by atoms with Crippen LogP contribution in [0.5, 0.6) is 5.75 Å². The lowest BCUT2D eigenvalue weighted by Crippen LogP contribution is -2.28. The van der Waals surface area contributed by atoms with Gasteiger partial charge in [-0.1, -0.05) is 26.8 Å². The number of methoxy groups -OCH3 is 1. The first-order chi connectivity index (χ1) is 8.31. The zero-order valence-corrected chi connectivity index (χ0v) is 11.5. The lowest BCUT2D eigenvalue weighted by molar-refractivity contribution is -0.116. The standard InChI is InChI=1S/C14H19NO3/c1-14(2,3)9-6-7-11(18-5)10(8-9)12(16)13(17)15-4/h6-8H,1-5H3,(H,15,17). The molecule has 1 rings (SSSR count). The summed E-state index contributed by atoms with van der Waals surface area (Å²) in [6, 6.07) is 5.34. The number of carbonyl (C=O) groups excluding carboxylic acids is 2. The van der Waals surface area contributed by atoms with Crippen LogP contribution in [0.2, 0.25) is 0 Å². The van der Waals surface area contributed by atoms with Crippen molar-refractivity contribution in [2.24, 2.45) is 0 Å². The minimum atomic E-state index is -0.639. The van der Waals surface area contributed by atoms with Crippen LogP contribution in [0.4, 0.5) is 0 Å². The Balaban J connectivity index is 3.31. The number of ketones is 1. The predicted octanol–water partition coefficient (Wildman–Crippen LogP) is 1.92. The molecule has 0 fully saturated rings. The molecule has 18 heavy (non-hydrogen) atoms. The Labute approximate surface area is 107 Å². The van der Waals surface area contributed by atoms with E-state index in [1.807, 2.05) is 26.8 Å². The van der Waals surface area contributed by atoms with Crippen LogP contribution in [0.25, 0.3) is 0 Å². The largest absolute Gasteiger partial charge is 0.496 e. The van der Waals surface area contributed by atoms with Gasteiger partial charge in [-0.05, 0) is 23.1 Å². The molecule has 0 aliphatic carbocycles. The summed E-state index contributed by atoms with van der Waals surface area (Å²) < 4.78 is 5.13. The maximum atomic E-state index is 11.9. The molecular weight excluding hydrogens is 230 g/mol. The highest BCUT2D eigenvalue weighted by Gasteiger charge is 2.22. The molecule has 0 heterocycles. The summed E-state index contributed by atoms with van der Waals surface area (Å²) >= 11 is 0. The van der Waals surface area contributed by atoms with Crippen LogP contribution in [0.3, 0.4) is 0 Å². The fourth-order valence-electron chi connectivity index (χ4n) is 1.59. The normalized spacial score (nSPS) is 10.9. The average Bonchev–Trinajstić information content (AvgIpc) is 2.35. The minimum absolute atomic E-state index is 0.0933. The van der Waals surface area contributed by atoms with Gasteiger partial charge in [0.2, 0.25) is 0 Å². The smallest absolute Gasteiger partial charge is 0.292 e. The van der Waals surface area contributed by atoms with E-state index in [2.05, 4.69) is 5.32 Å². The Morgan fingerprint density at radius 3 is 2.28 bits per heavy atom. The fraction of sp³-hybridized carbons (Fsp3) is 0.429. The van der Waals surface area contributed by atoms with Crippen LogP contribution in [0.15, 0.2) is 18.2 Å². The van der Waals surface area contributed by atoms with Crippen LogP contribution >= 0.6 is 0 Å². The first-order valence-electron chi connectivity index (χ1n) is 5.76. The summed E-state index contributed by atoms with van der Waals surface area (Å²) in [5.41, 5.74) is 1.18. The van der Waals surface area contributed by atoms with Gasteiger partial charge >= 0.3 is 0 Å². The molecule has 0 saturated carbocycles. The van der Waals surface area contributed by atoms with Gasteiger partial charge in [-0.2, -0.15) is 0 Å². The maximum Gasteiger partial charge on any atom is 0.292 e. The van der Waals surface area contributed by atoms with E-state index in [1.54, 1.807) is 12.1 Å². The van der Waals surface area contributed by atoms with Crippen molar-refractivity contribution in [3.63, 3.8) is 0 Å². The molecule has 1 aromatic rings. The van der Waals surface area contributed by atoms with Gasteiger partial charge in [0.1, 0.15) is 5.75 Å². The highest BCUT2D eigenvalue weighted by atomic mass is 16.5. The summed E-state index contributed by atoms with van der Waals surface area (Å²) in [5, 5.41) is 2.33. The van der Waals surface area contributed by atoms with Gasteiger partial charge in [0.05, 0.1) is 12.7 Å². The number of carbonyl (C=O) groups is 2. The number of hydrogen-bond donors (Lipinski definition) is 1. The molecule has 4 heteroatoms. The van der Waals surface area contributed by atoms with Crippen molar-refractivity contribution in [3.8, 4) is 5.75 Å². The lowest BCUT2D eigenvalue weighted by Gasteiger charge is -2.20. The number of rotatable bonds is 3. The average molecular weight is 249 g/mol. The van der Waals surface area contributed by atoms with Gasteiger partial charge in [0.25, 0.3) is 11.7 Å². The predicted molar refractivity (Wildman–Crippen MR) is 70.1 cm³/mol. The van der Waals surface area contributed by atoms with E-state index in [1.165, 1.54) is 14.2 Å². The number of ether oxygens (including phenoxy) is 1. The lowest BCUT2D eigenvalue weighted by atomic mass is 9.85. The number of amides is 1. The Morgan fingerprint density at radius 1 is 1.22 bits per heavy atom. The SMILES string of the molecule is CNC(=O)C(=O)c1cc(C(C)(C)C)ccc1OC. The van der Waals surface area contributed by atoms with E-state index in [-0.39, 0.29) is 5.41 Å². The molecule has 0 atom stereocenters. The Bertz CT molecular complexity index is 472. The molecule has 0 bridgehead atoms. The second-order valence-corrected chi connectivity index (χ2v) is 5.07. The van der Waals surface area contributed by atoms with Crippen LogP contribution < -0.4 is 10.1 Å². The molecule has 0 aromatic heterocycles. The molecular formula is C14H19NO3. The molecule has 0 radical (unpaired) electrons. The quantitative estimate of drug-likeness (QED) is 0.657. The summed E-state index contributed by atoms with van der Waals surface area (Å²) in [7, 11) is 2.91. The molecule has 0 aliphatic rings. The van der Waals surface area contributed by atoms with Gasteiger partial charge < -0.3 is 10.1 Å². The van der Waals surface area contributed by atoms with E-state index in [0.29, 0.717) is 11.3 Å². The number of nitrogens with one attached hydrogen (secondary N) is 1. The fourth-order valence-corrected chi connectivity index (χ4v) is 1.59. The number of likely N-dealkylation sites (N-methyl/N-ethyl adjacent to an activating group) is 1. The Kier molecular flexibility index (Phi) is 4.11. The molecule has 1 amide bonds. The van der Waals surface area contributed by atoms with Gasteiger partial charge in [-0.3, -0.25) is 9.59 Å². The van der Waals surface area contributed by atoms with Crippen LogP contribution in [0.1, 0.15) is 36.7 Å². The number of Topliss-reactive ketones (excluding diaryl/α,β-unsaturated/α-hetero) is 1. The molecule has 98 valence electrons. The Hall–Kier alpha value is -1.84. The van der Waals surface area contributed by atoms with Crippen molar-refractivity contribution in [2.75, 3.05) is 14.2 Å². The molecule has 4 nitrogen and oxygen atoms in total. The number of hydrogen-bond acceptors (Lipinski definition) is 3. The van der Waals surface area contributed by atoms with Gasteiger partial charge in [-0.15, -0.1) is 0 Å². The van der Waals surface area contributed by atoms with Gasteiger partial charge in [0.15, 0.2) is 0 Å². The van der Waals surface area contributed by atoms with Gasteiger partial charge in [0, 0.05) is 7.05 Å². The van der Waals surface area contributed by atoms with E-state index < -0.39 is 11.7 Å². The van der Waals surface area contributed by atoms with E-state index in [0.717, 1.165) is 5.56 Å². The summed E-state index contributed by atoms with van der Waals surface area (Å²) in [4.78, 5) is 23.4. The summed E-state index contributed by atoms with van der Waals surface area (Å²) in [6.45, 7) is 6.13. The van der Waals surface area contributed by atoms with Gasteiger partial charge in [-0.25, -0.2) is 0 Å². The third-order valence-electron chi connectivity index (χ3n) is 2.74. The highest BCUT2D eigenvalue weighted by molar-refractivity contribution is 6.43. The minimum Gasteiger partial charge on any atom is -0.496 e. The third kappa shape index (κ3) is 2.88. The molecule has 0 aliphatic heterocycles. The second kappa shape index (κ2) is 5.21. The van der Waals surface area contributed by atoms with Crippen LogP contribution in [-0.4, -0.2) is 25.8 Å². The molecule has 0 saturated heterocycles. The van der Waals surface area contributed by atoms with E-state index in [4.69, 9.17) is 4.74 Å². The molecule has 0 spiro atoms. The second-order valence-electron chi connectivity index (χ2n) is 5.07. The first kappa shape index (κ1) is 14.2. The van der Waals surface area contributed by atoms with Crippen LogP contribution in [-0.2, 0) is 10.2 Å². The zero-order chi connectivity index (χ0) is 13.9. The Morgan fingerprint density at radius 2 is 1.83 bits per heavy atom. The summed E-state index contributed by atoms with van der Waals surface area (Å²) in [6.07, 6.45) is 0. The van der Waals surface area contributed by atoms with Crippen LogP contribution in [0, 0.1) is 0 Å². The van der Waals surface area contributed by atoms with Crippen molar-refractivity contribution in [1.82, 2.24) is 5.32 Å². The van der Waals surface area contributed by atoms with Crippen molar-refractivity contribution in [1.29, 1.82) is 0 Å². The zero-order valence-electron chi connectivity index (χ0n) is 11.5. The molecule has 1 N–H and O–H groups in total. The monoisotopic (exact) mass is 249 g/mol. The van der Waals surface area contributed by atoms with Crippen molar-refractivity contribution < 1.29 is 14.3 Å². The number of benzene rings is 1. The molecule has 0 unspecified atom stereocenters.